The van der Waals surface area contributed by atoms with Gasteiger partial charge in [-0.2, -0.15) is 4.91 Å². The lowest BCUT2D eigenvalue weighted by molar-refractivity contribution is -0.0314. The Balaban J connectivity index is 1.63. The molecule has 0 radical (unpaired) electrons. The molecule has 0 bridgehead atoms. The van der Waals surface area contributed by atoms with Crippen molar-refractivity contribution in [3.05, 3.63) is 28.2 Å². The third-order valence-corrected chi connectivity index (χ3v) is 8.35. The molecule has 0 amide bonds. The normalized spacial score (nSPS) is 49.1. The highest BCUT2D eigenvalue weighted by molar-refractivity contribution is 5.29. The predicted molar refractivity (Wildman–Crippen MR) is 96.5 cm³/mol. The first-order valence-corrected chi connectivity index (χ1v) is 9.87. The van der Waals surface area contributed by atoms with E-state index in [9.17, 15) is 10.0 Å². The van der Waals surface area contributed by atoms with Crippen LogP contribution in [-0.2, 0) is 0 Å². The smallest absolute Gasteiger partial charge is 0.0995 e. The van der Waals surface area contributed by atoms with Crippen LogP contribution < -0.4 is 0 Å². The molecule has 4 aliphatic carbocycles. The first kappa shape index (κ1) is 16.5. The summed E-state index contributed by atoms with van der Waals surface area (Å²) < 4.78 is 0. The van der Waals surface area contributed by atoms with Gasteiger partial charge in [0, 0.05) is 0 Å². The lowest BCUT2D eigenvalue weighted by Gasteiger charge is -2.58. The molecule has 0 aromatic rings. The number of aliphatic hydroxyl groups is 1. The van der Waals surface area contributed by atoms with Crippen LogP contribution in [0, 0.1) is 33.5 Å². The number of hydrogen-bond donors (Lipinski definition) is 1. The summed E-state index contributed by atoms with van der Waals surface area (Å²) >= 11 is 0. The van der Waals surface area contributed by atoms with Crippen LogP contribution in [0.3, 0.4) is 0 Å². The standard InChI is InChI=1S/C21H31NO2/c1-20-11-8-19-17(18(20)6-4-14(20)9-12-22-24)5-3-15-13-16(23)7-10-21(15,19)2/h9,13,16-19,23H,3-8,10-12H2,1-2H3/b14-9-/t16-,17-,18?,19-,20+,21-/m0/s1. The number of hydrogen-bond acceptors (Lipinski definition) is 3. The van der Waals surface area contributed by atoms with Crippen LogP contribution in [0.15, 0.2) is 28.5 Å². The molecule has 0 heterocycles. The van der Waals surface area contributed by atoms with Crippen molar-refractivity contribution in [1.29, 1.82) is 0 Å². The van der Waals surface area contributed by atoms with Crippen LogP contribution in [0.2, 0.25) is 0 Å². The Hall–Kier alpha value is -0.960. The Bertz CT molecular complexity index is 595. The van der Waals surface area contributed by atoms with Crippen molar-refractivity contribution in [3.63, 3.8) is 0 Å². The van der Waals surface area contributed by atoms with Gasteiger partial charge in [0.05, 0.1) is 12.6 Å². The third kappa shape index (κ3) is 2.27. The summed E-state index contributed by atoms with van der Waals surface area (Å²) in [6.45, 7) is 5.27. The van der Waals surface area contributed by atoms with Gasteiger partial charge in [0.15, 0.2) is 0 Å². The fraction of sp³-hybridized carbons (Fsp3) is 0.810. The van der Waals surface area contributed by atoms with Crippen LogP contribution in [0.5, 0.6) is 0 Å². The number of fused-ring (bicyclic) bond motifs is 5. The molecule has 1 N–H and O–H groups in total. The van der Waals surface area contributed by atoms with E-state index >= 15 is 0 Å². The minimum atomic E-state index is -0.213. The second-order valence-electron chi connectivity index (χ2n) is 9.17. The van der Waals surface area contributed by atoms with E-state index in [4.69, 9.17) is 0 Å². The molecular formula is C21H31NO2. The van der Waals surface area contributed by atoms with Crippen LogP contribution in [0.4, 0.5) is 0 Å². The molecule has 0 aliphatic heterocycles. The molecule has 4 rings (SSSR count). The van der Waals surface area contributed by atoms with Gasteiger partial charge in [-0.05, 0) is 80.0 Å². The predicted octanol–water partition coefficient (Wildman–Crippen LogP) is 5.00. The van der Waals surface area contributed by atoms with Crippen molar-refractivity contribution in [2.45, 2.75) is 71.3 Å². The van der Waals surface area contributed by atoms with E-state index < -0.39 is 0 Å². The van der Waals surface area contributed by atoms with E-state index in [2.05, 4.69) is 31.2 Å². The summed E-state index contributed by atoms with van der Waals surface area (Å²) in [6.07, 6.45) is 13.7. The molecule has 132 valence electrons. The minimum Gasteiger partial charge on any atom is -0.389 e. The van der Waals surface area contributed by atoms with Crippen molar-refractivity contribution < 1.29 is 5.11 Å². The van der Waals surface area contributed by atoms with E-state index in [1.54, 1.807) is 5.57 Å². The Kier molecular flexibility index (Phi) is 3.98. The number of nitroso groups, excluding NO2 is 1. The zero-order valence-corrected chi connectivity index (χ0v) is 15.1. The molecular weight excluding hydrogens is 298 g/mol. The molecule has 0 aromatic heterocycles. The van der Waals surface area contributed by atoms with Crippen molar-refractivity contribution in [2.75, 3.05) is 6.54 Å². The first-order chi connectivity index (χ1) is 11.5. The van der Waals surface area contributed by atoms with Crippen LogP contribution in [0.25, 0.3) is 0 Å². The minimum absolute atomic E-state index is 0.213. The summed E-state index contributed by atoms with van der Waals surface area (Å²) in [5.41, 5.74) is 3.68. The van der Waals surface area contributed by atoms with Crippen LogP contribution in [0.1, 0.15) is 65.2 Å². The summed E-state index contributed by atoms with van der Waals surface area (Å²) in [5, 5.41) is 13.1. The number of nitrogens with zero attached hydrogens (tertiary/aromatic N) is 1. The Morgan fingerprint density at radius 3 is 2.67 bits per heavy atom. The highest BCUT2D eigenvalue weighted by Crippen LogP contribution is 2.66. The van der Waals surface area contributed by atoms with E-state index in [1.807, 2.05) is 0 Å². The van der Waals surface area contributed by atoms with Crippen LogP contribution >= 0.6 is 0 Å². The Morgan fingerprint density at radius 2 is 1.88 bits per heavy atom. The monoisotopic (exact) mass is 329 g/mol. The van der Waals surface area contributed by atoms with Crippen molar-refractivity contribution in [3.8, 4) is 0 Å². The molecule has 4 aliphatic rings. The molecule has 3 saturated carbocycles. The quantitative estimate of drug-likeness (QED) is 0.572. The zero-order valence-electron chi connectivity index (χ0n) is 15.1. The molecule has 0 spiro atoms. The van der Waals surface area contributed by atoms with E-state index in [0.29, 0.717) is 17.4 Å². The average Bonchev–Trinajstić information content (AvgIpc) is 2.90. The van der Waals surface area contributed by atoms with Gasteiger partial charge in [-0.1, -0.05) is 42.3 Å². The second-order valence-corrected chi connectivity index (χ2v) is 9.17. The maximum absolute atomic E-state index is 10.6. The zero-order chi connectivity index (χ0) is 16.9. The molecule has 3 nitrogen and oxygen atoms in total. The third-order valence-electron chi connectivity index (χ3n) is 8.35. The lowest BCUT2D eigenvalue weighted by Crippen LogP contribution is -2.49. The summed E-state index contributed by atoms with van der Waals surface area (Å²) in [7, 11) is 0. The maximum atomic E-state index is 10.6. The Morgan fingerprint density at radius 1 is 1.12 bits per heavy atom. The van der Waals surface area contributed by atoms with Gasteiger partial charge in [-0.3, -0.25) is 0 Å². The molecule has 1 unspecified atom stereocenters. The fourth-order valence-electron chi connectivity index (χ4n) is 7.04. The van der Waals surface area contributed by atoms with Crippen molar-refractivity contribution in [1.82, 2.24) is 0 Å². The summed E-state index contributed by atoms with van der Waals surface area (Å²) in [6, 6.07) is 0. The van der Waals surface area contributed by atoms with E-state index in [-0.39, 0.29) is 6.10 Å². The molecule has 0 aromatic carbocycles. The maximum Gasteiger partial charge on any atom is 0.0995 e. The Labute approximate surface area is 145 Å². The van der Waals surface area contributed by atoms with Gasteiger partial charge in [-0.25, -0.2) is 0 Å². The van der Waals surface area contributed by atoms with E-state index in [0.717, 1.165) is 37.0 Å². The van der Waals surface area contributed by atoms with Gasteiger partial charge in [0.1, 0.15) is 0 Å². The number of allylic oxidation sites excluding steroid dienone is 2. The highest BCUT2D eigenvalue weighted by atomic mass is 16.3. The number of rotatable bonds is 2. The second kappa shape index (κ2) is 5.79. The number of aliphatic hydroxyl groups excluding tert-OH is 1. The largest absolute Gasteiger partial charge is 0.389 e. The molecule has 3 fully saturated rings. The van der Waals surface area contributed by atoms with Gasteiger partial charge in [0.25, 0.3) is 0 Å². The van der Waals surface area contributed by atoms with Crippen LogP contribution in [-0.4, -0.2) is 17.8 Å². The van der Waals surface area contributed by atoms with E-state index in [1.165, 1.54) is 37.7 Å². The average molecular weight is 329 g/mol. The SMILES string of the molecule is C[C@]12CC[C@H](O)C=C1CC[C@H]1C3CC/C(=C/CN=O)[C@@]3(C)CC[C@@H]12. The topological polar surface area (TPSA) is 49.7 Å². The van der Waals surface area contributed by atoms with Gasteiger partial charge in [0.2, 0.25) is 0 Å². The molecule has 6 atom stereocenters. The summed E-state index contributed by atoms with van der Waals surface area (Å²) in [5.74, 6) is 2.38. The summed E-state index contributed by atoms with van der Waals surface area (Å²) in [4.78, 5) is 10.6. The van der Waals surface area contributed by atoms with Gasteiger partial charge in [-0.15, -0.1) is 0 Å². The fourth-order valence-corrected chi connectivity index (χ4v) is 7.04. The first-order valence-electron chi connectivity index (χ1n) is 9.87. The molecule has 0 saturated heterocycles. The molecule has 3 heteroatoms. The van der Waals surface area contributed by atoms with Crippen molar-refractivity contribution >= 4 is 0 Å². The van der Waals surface area contributed by atoms with Gasteiger partial charge >= 0.3 is 0 Å². The molecule has 24 heavy (non-hydrogen) atoms. The van der Waals surface area contributed by atoms with Crippen molar-refractivity contribution in [2.24, 2.45) is 33.8 Å². The van der Waals surface area contributed by atoms with Gasteiger partial charge < -0.3 is 5.11 Å². The lowest BCUT2D eigenvalue weighted by atomic mass is 9.47. The highest BCUT2D eigenvalue weighted by Gasteiger charge is 2.57.